The van der Waals surface area contributed by atoms with Crippen molar-refractivity contribution < 1.29 is 5.11 Å². The zero-order valence-electron chi connectivity index (χ0n) is 9.47. The largest absolute Gasteiger partial charge is 0.389 e. The van der Waals surface area contributed by atoms with E-state index in [1.165, 1.54) is 32.1 Å². The predicted molar refractivity (Wildman–Crippen MR) is 61.2 cm³/mol. The normalized spacial score (nSPS) is 23.0. The molecule has 1 unspecified atom stereocenters. The summed E-state index contributed by atoms with van der Waals surface area (Å²) in [5.74, 6) is 0.322. The number of aliphatic hydroxyl groups is 1. The van der Waals surface area contributed by atoms with E-state index < -0.39 is 5.60 Å². The topological polar surface area (TPSA) is 20.2 Å². The molecule has 82 valence electrons. The smallest absolute Gasteiger partial charge is 0.0710 e. The van der Waals surface area contributed by atoms with Crippen LogP contribution in [0.3, 0.4) is 0 Å². The Morgan fingerprint density at radius 3 is 2.50 bits per heavy atom. The lowest BCUT2D eigenvalue weighted by atomic mass is 9.74. The van der Waals surface area contributed by atoms with Crippen molar-refractivity contribution in [2.24, 2.45) is 5.92 Å². The third kappa shape index (κ3) is 2.84. The van der Waals surface area contributed by atoms with Gasteiger partial charge < -0.3 is 5.11 Å². The van der Waals surface area contributed by atoms with Gasteiger partial charge in [0.15, 0.2) is 0 Å². The van der Waals surface area contributed by atoms with E-state index in [0.29, 0.717) is 5.92 Å². The fourth-order valence-corrected chi connectivity index (χ4v) is 2.56. The zero-order valence-corrected chi connectivity index (χ0v) is 9.47. The lowest BCUT2D eigenvalue weighted by Crippen LogP contribution is -2.38. The Morgan fingerprint density at radius 1 is 1.36 bits per heavy atom. The second-order valence-corrected chi connectivity index (χ2v) is 4.65. The average molecular weight is 196 g/mol. The number of rotatable bonds is 5. The third-order valence-corrected chi connectivity index (χ3v) is 3.56. The van der Waals surface area contributed by atoms with E-state index in [-0.39, 0.29) is 0 Å². The molecule has 0 bridgehead atoms. The van der Waals surface area contributed by atoms with Crippen molar-refractivity contribution >= 4 is 0 Å². The lowest BCUT2D eigenvalue weighted by molar-refractivity contribution is -0.0359. The van der Waals surface area contributed by atoms with Crippen molar-refractivity contribution in [3.05, 3.63) is 12.7 Å². The van der Waals surface area contributed by atoms with Crippen LogP contribution in [0.25, 0.3) is 0 Å². The Kier molecular flexibility index (Phi) is 4.67. The molecule has 0 amide bonds. The standard InChI is InChI=1S/C13H24O/c1-3-5-9-12(4-2)13(14)10-7-6-8-11-13/h4,12,14H,2-3,5-11H2,1H3. The minimum absolute atomic E-state index is 0.322. The molecular formula is C13H24O. The van der Waals surface area contributed by atoms with Crippen LogP contribution in [-0.2, 0) is 0 Å². The Morgan fingerprint density at radius 2 is 2.00 bits per heavy atom. The van der Waals surface area contributed by atoms with Crippen molar-refractivity contribution in [3.8, 4) is 0 Å². The highest BCUT2D eigenvalue weighted by molar-refractivity contribution is 4.97. The lowest BCUT2D eigenvalue weighted by Gasteiger charge is -2.38. The molecule has 1 aliphatic rings. The molecular weight excluding hydrogens is 172 g/mol. The fourth-order valence-electron chi connectivity index (χ4n) is 2.56. The number of unbranched alkanes of at least 4 members (excludes halogenated alkanes) is 1. The molecule has 0 spiro atoms. The van der Waals surface area contributed by atoms with Gasteiger partial charge in [0.1, 0.15) is 0 Å². The summed E-state index contributed by atoms with van der Waals surface area (Å²) in [7, 11) is 0. The maximum absolute atomic E-state index is 10.5. The van der Waals surface area contributed by atoms with Gasteiger partial charge in [0, 0.05) is 5.92 Å². The first kappa shape index (κ1) is 11.8. The quantitative estimate of drug-likeness (QED) is 0.665. The van der Waals surface area contributed by atoms with Crippen LogP contribution >= 0.6 is 0 Å². The van der Waals surface area contributed by atoms with Gasteiger partial charge in [-0.05, 0) is 19.3 Å². The van der Waals surface area contributed by atoms with E-state index >= 15 is 0 Å². The zero-order chi connectivity index (χ0) is 10.4. The fraction of sp³-hybridized carbons (Fsp3) is 0.846. The molecule has 14 heavy (non-hydrogen) atoms. The van der Waals surface area contributed by atoms with Crippen LogP contribution in [0.2, 0.25) is 0 Å². The van der Waals surface area contributed by atoms with Crippen LogP contribution < -0.4 is 0 Å². The summed E-state index contributed by atoms with van der Waals surface area (Å²) in [5.41, 5.74) is -0.421. The van der Waals surface area contributed by atoms with E-state index in [2.05, 4.69) is 13.5 Å². The maximum Gasteiger partial charge on any atom is 0.0710 e. The molecule has 1 N–H and O–H groups in total. The molecule has 0 saturated heterocycles. The predicted octanol–water partition coefficient (Wildman–Crippen LogP) is 3.67. The van der Waals surface area contributed by atoms with Crippen molar-refractivity contribution in [2.75, 3.05) is 0 Å². The Bertz CT molecular complexity index is 168. The van der Waals surface area contributed by atoms with Gasteiger partial charge in [-0.3, -0.25) is 0 Å². The van der Waals surface area contributed by atoms with Crippen LogP contribution in [-0.4, -0.2) is 10.7 Å². The Labute approximate surface area is 88.2 Å². The van der Waals surface area contributed by atoms with Crippen molar-refractivity contribution in [3.63, 3.8) is 0 Å². The van der Waals surface area contributed by atoms with Crippen LogP contribution in [0.15, 0.2) is 12.7 Å². The maximum atomic E-state index is 10.5. The van der Waals surface area contributed by atoms with Crippen molar-refractivity contribution in [1.82, 2.24) is 0 Å². The average Bonchev–Trinajstić information content (AvgIpc) is 2.20. The van der Waals surface area contributed by atoms with Gasteiger partial charge in [-0.1, -0.05) is 45.1 Å². The number of hydrogen-bond acceptors (Lipinski definition) is 1. The molecule has 1 aliphatic carbocycles. The first-order chi connectivity index (χ1) is 6.73. The van der Waals surface area contributed by atoms with Gasteiger partial charge in [-0.2, -0.15) is 0 Å². The molecule has 0 aromatic heterocycles. The molecule has 1 saturated carbocycles. The Balaban J connectivity index is 2.51. The third-order valence-electron chi connectivity index (χ3n) is 3.56. The van der Waals surface area contributed by atoms with Gasteiger partial charge in [0.25, 0.3) is 0 Å². The SMILES string of the molecule is C=CC(CCCC)C1(O)CCCCC1. The van der Waals surface area contributed by atoms with E-state index in [1.807, 2.05) is 6.08 Å². The molecule has 1 atom stereocenters. The van der Waals surface area contributed by atoms with Crippen molar-refractivity contribution in [2.45, 2.75) is 63.9 Å². The second-order valence-electron chi connectivity index (χ2n) is 4.65. The summed E-state index contributed by atoms with van der Waals surface area (Å²) < 4.78 is 0. The molecule has 0 heterocycles. The van der Waals surface area contributed by atoms with Gasteiger partial charge in [0.05, 0.1) is 5.60 Å². The summed E-state index contributed by atoms with van der Waals surface area (Å²) in [5, 5.41) is 10.5. The molecule has 0 aromatic rings. The molecule has 1 nitrogen and oxygen atoms in total. The minimum Gasteiger partial charge on any atom is -0.389 e. The van der Waals surface area contributed by atoms with Gasteiger partial charge in [-0.25, -0.2) is 0 Å². The molecule has 0 aliphatic heterocycles. The summed E-state index contributed by atoms with van der Waals surface area (Å²) in [6.07, 6.45) is 11.1. The van der Waals surface area contributed by atoms with Crippen LogP contribution in [0.1, 0.15) is 58.3 Å². The van der Waals surface area contributed by atoms with Gasteiger partial charge in [0.2, 0.25) is 0 Å². The number of hydrogen-bond donors (Lipinski definition) is 1. The summed E-state index contributed by atoms with van der Waals surface area (Å²) >= 11 is 0. The monoisotopic (exact) mass is 196 g/mol. The van der Waals surface area contributed by atoms with E-state index in [9.17, 15) is 5.11 Å². The van der Waals surface area contributed by atoms with Crippen LogP contribution in [0.4, 0.5) is 0 Å². The Hall–Kier alpha value is -0.300. The first-order valence-electron chi connectivity index (χ1n) is 6.08. The van der Waals surface area contributed by atoms with Gasteiger partial charge in [-0.15, -0.1) is 6.58 Å². The van der Waals surface area contributed by atoms with E-state index in [1.54, 1.807) is 0 Å². The van der Waals surface area contributed by atoms with Gasteiger partial charge >= 0.3 is 0 Å². The van der Waals surface area contributed by atoms with Crippen LogP contribution in [0.5, 0.6) is 0 Å². The minimum atomic E-state index is -0.421. The molecule has 1 rings (SSSR count). The highest BCUT2D eigenvalue weighted by Crippen LogP contribution is 2.37. The van der Waals surface area contributed by atoms with Crippen molar-refractivity contribution in [1.29, 1.82) is 0 Å². The molecule has 1 fully saturated rings. The summed E-state index contributed by atoms with van der Waals surface area (Å²) in [6.45, 7) is 6.07. The first-order valence-corrected chi connectivity index (χ1v) is 6.08. The van der Waals surface area contributed by atoms with E-state index in [0.717, 1.165) is 19.3 Å². The summed E-state index contributed by atoms with van der Waals surface area (Å²) in [4.78, 5) is 0. The summed E-state index contributed by atoms with van der Waals surface area (Å²) in [6, 6.07) is 0. The van der Waals surface area contributed by atoms with Crippen LogP contribution in [0, 0.1) is 5.92 Å². The highest BCUT2D eigenvalue weighted by Gasteiger charge is 2.35. The highest BCUT2D eigenvalue weighted by atomic mass is 16.3. The van der Waals surface area contributed by atoms with E-state index in [4.69, 9.17) is 0 Å². The molecule has 0 aromatic carbocycles. The molecule has 1 heteroatoms. The second kappa shape index (κ2) is 5.55. The molecule has 0 radical (unpaired) electrons.